The standard InChI is InChI=1S/C18H15ClN2O4S/c1-24-18-17(3-2-12-20-18)21-26(22,23)16-10-8-15(9-11-16)25-14-6-4-13(19)5-7-14/h2-12,21H,1H3. The summed E-state index contributed by atoms with van der Waals surface area (Å²) in [4.78, 5) is 4.05. The van der Waals surface area contributed by atoms with Crippen LogP contribution in [0, 0.1) is 0 Å². The highest BCUT2D eigenvalue weighted by molar-refractivity contribution is 7.92. The van der Waals surface area contributed by atoms with E-state index in [1.165, 1.54) is 25.4 Å². The Morgan fingerprint density at radius 2 is 1.58 bits per heavy atom. The van der Waals surface area contributed by atoms with Gasteiger partial charge in [-0.25, -0.2) is 13.4 Å². The number of nitrogens with one attached hydrogen (secondary N) is 1. The fourth-order valence-electron chi connectivity index (χ4n) is 2.16. The van der Waals surface area contributed by atoms with E-state index in [0.717, 1.165) is 0 Å². The van der Waals surface area contributed by atoms with E-state index in [4.69, 9.17) is 21.1 Å². The lowest BCUT2D eigenvalue weighted by Gasteiger charge is -2.11. The van der Waals surface area contributed by atoms with E-state index >= 15 is 0 Å². The van der Waals surface area contributed by atoms with Gasteiger partial charge in [-0.1, -0.05) is 11.6 Å². The Balaban J connectivity index is 1.77. The number of nitrogens with zero attached hydrogens (tertiary/aromatic N) is 1. The number of methoxy groups -OCH3 is 1. The van der Waals surface area contributed by atoms with Crippen molar-refractivity contribution < 1.29 is 17.9 Å². The van der Waals surface area contributed by atoms with Gasteiger partial charge in [0.1, 0.15) is 17.2 Å². The molecule has 3 rings (SSSR count). The van der Waals surface area contributed by atoms with Gasteiger partial charge in [0.15, 0.2) is 0 Å². The normalized spacial score (nSPS) is 11.0. The third kappa shape index (κ3) is 4.25. The average Bonchev–Trinajstić information content (AvgIpc) is 2.64. The summed E-state index contributed by atoms with van der Waals surface area (Å²) in [7, 11) is -2.36. The average molecular weight is 391 g/mol. The number of hydrogen-bond donors (Lipinski definition) is 1. The lowest BCUT2D eigenvalue weighted by molar-refractivity contribution is 0.400. The number of anilines is 1. The van der Waals surface area contributed by atoms with Crippen LogP contribution in [0.3, 0.4) is 0 Å². The number of aromatic nitrogens is 1. The molecule has 1 heterocycles. The SMILES string of the molecule is COc1ncccc1NS(=O)(=O)c1ccc(Oc2ccc(Cl)cc2)cc1. The Bertz CT molecular complexity index is 990. The molecule has 0 amide bonds. The molecule has 1 aromatic heterocycles. The van der Waals surface area contributed by atoms with Crippen LogP contribution in [0.5, 0.6) is 17.4 Å². The molecule has 134 valence electrons. The molecule has 0 saturated carbocycles. The van der Waals surface area contributed by atoms with Crippen LogP contribution in [0.4, 0.5) is 5.69 Å². The molecule has 0 aliphatic rings. The summed E-state index contributed by atoms with van der Waals surface area (Å²) in [5, 5.41) is 0.607. The van der Waals surface area contributed by atoms with Crippen molar-refractivity contribution >= 4 is 27.3 Å². The lowest BCUT2D eigenvalue weighted by Crippen LogP contribution is -2.13. The summed E-state index contributed by atoms with van der Waals surface area (Å²) >= 11 is 5.83. The highest BCUT2D eigenvalue weighted by Gasteiger charge is 2.17. The Morgan fingerprint density at radius 1 is 0.962 bits per heavy atom. The molecule has 26 heavy (non-hydrogen) atoms. The monoisotopic (exact) mass is 390 g/mol. The summed E-state index contributed by atoms with van der Waals surface area (Å²) in [5.74, 6) is 1.30. The number of rotatable bonds is 6. The van der Waals surface area contributed by atoms with Gasteiger partial charge < -0.3 is 9.47 Å². The van der Waals surface area contributed by atoms with Crippen LogP contribution < -0.4 is 14.2 Å². The molecule has 0 radical (unpaired) electrons. The second-order valence-corrected chi connectivity index (χ2v) is 7.31. The van der Waals surface area contributed by atoms with E-state index < -0.39 is 10.0 Å². The van der Waals surface area contributed by atoms with Crippen molar-refractivity contribution in [2.75, 3.05) is 11.8 Å². The number of pyridine rings is 1. The maximum absolute atomic E-state index is 12.5. The van der Waals surface area contributed by atoms with E-state index in [1.807, 2.05) is 0 Å². The van der Waals surface area contributed by atoms with Gasteiger partial charge in [0.2, 0.25) is 5.88 Å². The number of hydrogen-bond acceptors (Lipinski definition) is 5. The number of halogens is 1. The molecule has 0 spiro atoms. The van der Waals surface area contributed by atoms with Crippen molar-refractivity contribution in [1.29, 1.82) is 0 Å². The smallest absolute Gasteiger partial charge is 0.262 e. The van der Waals surface area contributed by atoms with E-state index in [9.17, 15) is 8.42 Å². The van der Waals surface area contributed by atoms with Gasteiger partial charge in [-0.2, -0.15) is 0 Å². The minimum atomic E-state index is -3.78. The number of ether oxygens (including phenoxy) is 2. The largest absolute Gasteiger partial charge is 0.480 e. The first-order valence-electron chi connectivity index (χ1n) is 7.53. The Labute approximate surface area is 156 Å². The van der Waals surface area contributed by atoms with E-state index in [1.54, 1.807) is 48.5 Å². The molecule has 0 unspecified atom stereocenters. The highest BCUT2D eigenvalue weighted by atomic mass is 35.5. The summed E-state index contributed by atoms with van der Waals surface area (Å²) in [6, 6.07) is 16.1. The molecule has 6 nitrogen and oxygen atoms in total. The summed E-state index contributed by atoms with van der Waals surface area (Å²) in [6.45, 7) is 0. The summed E-state index contributed by atoms with van der Waals surface area (Å²) in [6.07, 6.45) is 1.51. The van der Waals surface area contributed by atoms with Gasteiger partial charge in [-0.3, -0.25) is 4.72 Å². The summed E-state index contributed by atoms with van der Waals surface area (Å²) in [5.41, 5.74) is 0.261. The fourth-order valence-corrected chi connectivity index (χ4v) is 3.34. The zero-order valence-corrected chi connectivity index (χ0v) is 15.3. The van der Waals surface area contributed by atoms with Gasteiger partial charge in [0, 0.05) is 11.2 Å². The van der Waals surface area contributed by atoms with E-state index in [2.05, 4.69) is 9.71 Å². The van der Waals surface area contributed by atoms with Crippen LogP contribution in [-0.2, 0) is 10.0 Å². The topological polar surface area (TPSA) is 77.5 Å². The minimum Gasteiger partial charge on any atom is -0.480 e. The maximum Gasteiger partial charge on any atom is 0.262 e. The molecule has 0 aliphatic heterocycles. The molecule has 3 aromatic rings. The van der Waals surface area contributed by atoms with Gasteiger partial charge in [-0.15, -0.1) is 0 Å². The quantitative estimate of drug-likeness (QED) is 0.677. The third-order valence-corrected chi connectivity index (χ3v) is 5.03. The molecule has 0 atom stereocenters. The second-order valence-electron chi connectivity index (χ2n) is 5.19. The fraction of sp³-hybridized carbons (Fsp3) is 0.0556. The van der Waals surface area contributed by atoms with Crippen LogP contribution in [-0.4, -0.2) is 20.5 Å². The molecule has 2 aromatic carbocycles. The van der Waals surface area contributed by atoms with E-state index in [-0.39, 0.29) is 16.5 Å². The zero-order valence-electron chi connectivity index (χ0n) is 13.7. The second kappa shape index (κ2) is 7.63. The molecule has 0 aliphatic carbocycles. The molecule has 0 bridgehead atoms. The molecule has 8 heteroatoms. The van der Waals surface area contributed by atoms with E-state index in [0.29, 0.717) is 16.5 Å². The Hall–Kier alpha value is -2.77. The van der Waals surface area contributed by atoms with Crippen LogP contribution >= 0.6 is 11.6 Å². The predicted molar refractivity (Wildman–Crippen MR) is 99.6 cm³/mol. The van der Waals surface area contributed by atoms with Gasteiger partial charge in [0.05, 0.1) is 12.0 Å². The third-order valence-electron chi connectivity index (χ3n) is 3.39. The number of sulfonamides is 1. The van der Waals surface area contributed by atoms with Crippen molar-refractivity contribution in [3.63, 3.8) is 0 Å². The number of benzene rings is 2. The van der Waals surface area contributed by atoms with Crippen molar-refractivity contribution in [2.45, 2.75) is 4.90 Å². The van der Waals surface area contributed by atoms with Gasteiger partial charge in [-0.05, 0) is 60.7 Å². The van der Waals surface area contributed by atoms with Crippen LogP contribution in [0.25, 0.3) is 0 Å². The molecule has 1 N–H and O–H groups in total. The van der Waals surface area contributed by atoms with Crippen LogP contribution in [0.15, 0.2) is 71.8 Å². The van der Waals surface area contributed by atoms with Crippen LogP contribution in [0.1, 0.15) is 0 Å². The molecular weight excluding hydrogens is 376 g/mol. The Morgan fingerprint density at radius 3 is 2.19 bits per heavy atom. The predicted octanol–water partition coefficient (Wildman–Crippen LogP) is 4.34. The Kier molecular flexibility index (Phi) is 5.29. The van der Waals surface area contributed by atoms with Gasteiger partial charge >= 0.3 is 0 Å². The molecule has 0 saturated heterocycles. The lowest BCUT2D eigenvalue weighted by atomic mass is 10.3. The van der Waals surface area contributed by atoms with Crippen molar-refractivity contribution in [3.8, 4) is 17.4 Å². The first-order valence-corrected chi connectivity index (χ1v) is 9.39. The summed E-state index contributed by atoms with van der Waals surface area (Å²) < 4.78 is 38.2. The first-order chi connectivity index (χ1) is 12.5. The molecule has 0 fully saturated rings. The molecular formula is C18H15ClN2O4S. The highest BCUT2D eigenvalue weighted by Crippen LogP contribution is 2.27. The van der Waals surface area contributed by atoms with Crippen molar-refractivity contribution in [1.82, 2.24) is 4.98 Å². The zero-order chi connectivity index (χ0) is 18.6. The maximum atomic E-state index is 12.5. The first kappa shape index (κ1) is 18.0. The van der Waals surface area contributed by atoms with Crippen molar-refractivity contribution in [3.05, 3.63) is 71.9 Å². The van der Waals surface area contributed by atoms with Gasteiger partial charge in [0.25, 0.3) is 10.0 Å². The minimum absolute atomic E-state index is 0.0897. The van der Waals surface area contributed by atoms with Crippen molar-refractivity contribution in [2.24, 2.45) is 0 Å². The van der Waals surface area contributed by atoms with Crippen LogP contribution in [0.2, 0.25) is 5.02 Å².